The molecule has 0 fully saturated rings. The van der Waals surface area contributed by atoms with Gasteiger partial charge in [-0.1, -0.05) is 0 Å². The van der Waals surface area contributed by atoms with Crippen molar-refractivity contribution >= 4 is 0 Å². The van der Waals surface area contributed by atoms with E-state index >= 15 is 0 Å². The summed E-state index contributed by atoms with van der Waals surface area (Å²) >= 11 is 0. The number of nitrogens with one attached hydrogen (secondary N) is 1. The summed E-state index contributed by atoms with van der Waals surface area (Å²) in [5, 5.41) is 3.05. The SMILES string of the molecule is CNCc1cc(C)nc(C)n1. The van der Waals surface area contributed by atoms with Crippen LogP contribution in [0.4, 0.5) is 0 Å². The van der Waals surface area contributed by atoms with Gasteiger partial charge in [-0.05, 0) is 27.0 Å². The Morgan fingerprint density at radius 3 is 2.64 bits per heavy atom. The average Bonchev–Trinajstić information content (AvgIpc) is 1.85. The number of hydrogen-bond donors (Lipinski definition) is 1. The van der Waals surface area contributed by atoms with Crippen molar-refractivity contribution in [1.82, 2.24) is 15.3 Å². The smallest absolute Gasteiger partial charge is 0.125 e. The monoisotopic (exact) mass is 151 g/mol. The summed E-state index contributed by atoms with van der Waals surface area (Å²) in [5.41, 5.74) is 2.08. The fraction of sp³-hybridized carbons (Fsp3) is 0.500. The molecule has 0 saturated heterocycles. The maximum Gasteiger partial charge on any atom is 0.125 e. The summed E-state index contributed by atoms with van der Waals surface area (Å²) in [6.45, 7) is 4.70. The van der Waals surface area contributed by atoms with Gasteiger partial charge in [0.2, 0.25) is 0 Å². The van der Waals surface area contributed by atoms with Crippen LogP contribution in [0, 0.1) is 13.8 Å². The minimum Gasteiger partial charge on any atom is -0.314 e. The molecule has 0 aliphatic carbocycles. The van der Waals surface area contributed by atoms with Crippen LogP contribution >= 0.6 is 0 Å². The summed E-state index contributed by atoms with van der Waals surface area (Å²) in [4.78, 5) is 8.43. The Labute approximate surface area is 66.9 Å². The summed E-state index contributed by atoms with van der Waals surface area (Å²) in [6, 6.07) is 1.99. The molecule has 1 N–H and O–H groups in total. The van der Waals surface area contributed by atoms with Crippen molar-refractivity contribution in [1.29, 1.82) is 0 Å². The first-order valence-electron chi connectivity index (χ1n) is 3.68. The molecule has 11 heavy (non-hydrogen) atoms. The quantitative estimate of drug-likeness (QED) is 0.679. The second-order valence-corrected chi connectivity index (χ2v) is 2.58. The molecule has 1 rings (SSSR count). The van der Waals surface area contributed by atoms with Crippen molar-refractivity contribution in [2.75, 3.05) is 7.05 Å². The van der Waals surface area contributed by atoms with Crippen molar-refractivity contribution in [3.63, 3.8) is 0 Å². The van der Waals surface area contributed by atoms with Gasteiger partial charge < -0.3 is 5.32 Å². The maximum atomic E-state index is 4.25. The van der Waals surface area contributed by atoms with Gasteiger partial charge in [0, 0.05) is 12.2 Å². The molecule has 3 nitrogen and oxygen atoms in total. The second-order valence-electron chi connectivity index (χ2n) is 2.58. The van der Waals surface area contributed by atoms with Crippen LogP contribution in [-0.2, 0) is 6.54 Å². The van der Waals surface area contributed by atoms with Crippen LogP contribution in [-0.4, -0.2) is 17.0 Å². The van der Waals surface area contributed by atoms with E-state index in [2.05, 4.69) is 15.3 Å². The predicted molar refractivity (Wildman–Crippen MR) is 44.3 cm³/mol. The lowest BCUT2D eigenvalue weighted by Gasteiger charge is -2.01. The third-order valence-electron chi connectivity index (χ3n) is 1.38. The lowest BCUT2D eigenvalue weighted by Crippen LogP contribution is -2.08. The van der Waals surface area contributed by atoms with E-state index in [9.17, 15) is 0 Å². The second kappa shape index (κ2) is 3.44. The highest BCUT2D eigenvalue weighted by Crippen LogP contribution is 1.98. The molecule has 1 aromatic heterocycles. The summed E-state index contributed by atoms with van der Waals surface area (Å²) in [7, 11) is 1.91. The highest BCUT2D eigenvalue weighted by atomic mass is 14.9. The molecule has 0 saturated carbocycles. The molecule has 0 radical (unpaired) electrons. The fourth-order valence-corrected chi connectivity index (χ4v) is 1.07. The lowest BCUT2D eigenvalue weighted by molar-refractivity contribution is 0.774. The van der Waals surface area contributed by atoms with E-state index in [1.165, 1.54) is 0 Å². The van der Waals surface area contributed by atoms with Gasteiger partial charge in [-0.3, -0.25) is 0 Å². The molecular formula is C8H13N3. The molecule has 3 heteroatoms. The molecule has 0 aliphatic rings. The van der Waals surface area contributed by atoms with Gasteiger partial charge in [-0.15, -0.1) is 0 Å². The van der Waals surface area contributed by atoms with Crippen LogP contribution in [0.25, 0.3) is 0 Å². The Morgan fingerprint density at radius 2 is 2.09 bits per heavy atom. The Balaban J connectivity index is 2.89. The van der Waals surface area contributed by atoms with Crippen LogP contribution in [0.5, 0.6) is 0 Å². The summed E-state index contributed by atoms with van der Waals surface area (Å²) < 4.78 is 0. The fourth-order valence-electron chi connectivity index (χ4n) is 1.07. The molecule has 0 unspecified atom stereocenters. The van der Waals surface area contributed by atoms with Crippen molar-refractivity contribution in [3.8, 4) is 0 Å². The van der Waals surface area contributed by atoms with Crippen LogP contribution < -0.4 is 5.32 Å². The Hall–Kier alpha value is -0.960. The molecule has 0 aromatic carbocycles. The number of nitrogens with zero attached hydrogens (tertiary/aromatic N) is 2. The molecule has 1 aromatic rings. The third kappa shape index (κ3) is 2.27. The highest BCUT2D eigenvalue weighted by molar-refractivity contribution is 5.09. The van der Waals surface area contributed by atoms with E-state index in [1.54, 1.807) is 0 Å². The van der Waals surface area contributed by atoms with Crippen molar-refractivity contribution in [2.45, 2.75) is 20.4 Å². The minimum absolute atomic E-state index is 0.810. The first-order valence-corrected chi connectivity index (χ1v) is 3.68. The van der Waals surface area contributed by atoms with Crippen LogP contribution in [0.2, 0.25) is 0 Å². The Bertz CT molecular complexity index is 225. The molecule has 0 atom stereocenters. The van der Waals surface area contributed by atoms with Gasteiger partial charge in [0.15, 0.2) is 0 Å². The molecule has 1 heterocycles. The van der Waals surface area contributed by atoms with Crippen molar-refractivity contribution in [3.05, 3.63) is 23.3 Å². The number of rotatable bonds is 2. The van der Waals surface area contributed by atoms with Gasteiger partial charge in [0.05, 0.1) is 5.69 Å². The molecular weight excluding hydrogens is 138 g/mol. The summed E-state index contributed by atoms with van der Waals surface area (Å²) in [5.74, 6) is 0.843. The molecule has 0 amide bonds. The standard InChI is InChI=1S/C8H13N3/c1-6-4-8(5-9-3)11-7(2)10-6/h4,9H,5H2,1-3H3. The lowest BCUT2D eigenvalue weighted by atomic mass is 10.3. The van der Waals surface area contributed by atoms with E-state index in [1.807, 2.05) is 27.0 Å². The Morgan fingerprint density at radius 1 is 1.36 bits per heavy atom. The topological polar surface area (TPSA) is 37.8 Å². The Kier molecular flexibility index (Phi) is 2.54. The van der Waals surface area contributed by atoms with Crippen molar-refractivity contribution in [2.24, 2.45) is 0 Å². The molecule has 0 spiro atoms. The number of hydrogen-bond acceptors (Lipinski definition) is 3. The van der Waals surface area contributed by atoms with E-state index in [0.29, 0.717) is 0 Å². The number of aromatic nitrogens is 2. The number of aryl methyl sites for hydroxylation is 2. The zero-order valence-electron chi connectivity index (χ0n) is 7.18. The van der Waals surface area contributed by atoms with Crippen LogP contribution in [0.3, 0.4) is 0 Å². The van der Waals surface area contributed by atoms with Gasteiger partial charge in [-0.2, -0.15) is 0 Å². The van der Waals surface area contributed by atoms with Gasteiger partial charge in [-0.25, -0.2) is 9.97 Å². The van der Waals surface area contributed by atoms with E-state index < -0.39 is 0 Å². The van der Waals surface area contributed by atoms with Crippen LogP contribution in [0.15, 0.2) is 6.07 Å². The minimum atomic E-state index is 0.810. The highest BCUT2D eigenvalue weighted by Gasteiger charge is 1.95. The molecule has 0 bridgehead atoms. The molecule has 0 aliphatic heterocycles. The van der Waals surface area contributed by atoms with Gasteiger partial charge in [0.25, 0.3) is 0 Å². The van der Waals surface area contributed by atoms with E-state index in [4.69, 9.17) is 0 Å². The van der Waals surface area contributed by atoms with E-state index in [-0.39, 0.29) is 0 Å². The van der Waals surface area contributed by atoms with Gasteiger partial charge in [0.1, 0.15) is 5.82 Å². The predicted octanol–water partition coefficient (Wildman–Crippen LogP) is 0.813. The van der Waals surface area contributed by atoms with Gasteiger partial charge >= 0.3 is 0 Å². The summed E-state index contributed by atoms with van der Waals surface area (Å²) in [6.07, 6.45) is 0. The van der Waals surface area contributed by atoms with Crippen molar-refractivity contribution < 1.29 is 0 Å². The third-order valence-corrected chi connectivity index (χ3v) is 1.38. The average molecular weight is 151 g/mol. The zero-order chi connectivity index (χ0) is 8.27. The first kappa shape index (κ1) is 8.14. The van der Waals surface area contributed by atoms with E-state index in [0.717, 1.165) is 23.8 Å². The normalized spacial score (nSPS) is 10.1. The molecule has 60 valence electrons. The van der Waals surface area contributed by atoms with Crippen LogP contribution in [0.1, 0.15) is 17.2 Å². The maximum absolute atomic E-state index is 4.25. The largest absolute Gasteiger partial charge is 0.314 e. The zero-order valence-corrected chi connectivity index (χ0v) is 7.18. The first-order chi connectivity index (χ1) is 5.22.